The van der Waals surface area contributed by atoms with E-state index >= 15 is 0 Å². The Balaban J connectivity index is 2.49. The molecule has 1 unspecified atom stereocenters. The fourth-order valence-electron chi connectivity index (χ4n) is 1.74. The molecule has 5 heteroatoms. The molecule has 0 spiro atoms. The summed E-state index contributed by atoms with van der Waals surface area (Å²) in [7, 11) is 0. The lowest BCUT2D eigenvalue weighted by Crippen LogP contribution is -2.02. The summed E-state index contributed by atoms with van der Waals surface area (Å²) in [6.45, 7) is 1.72. The molecule has 0 radical (unpaired) electrons. The highest BCUT2D eigenvalue weighted by molar-refractivity contribution is 9.09. The average molecular weight is 333 g/mol. The van der Waals surface area contributed by atoms with Crippen LogP contribution in [0.2, 0.25) is 0 Å². The summed E-state index contributed by atoms with van der Waals surface area (Å²) in [4.78, 5) is -0.886. The fraction of sp³-hybridized carbons (Fsp3) is 0.143. The van der Waals surface area contributed by atoms with Crippen molar-refractivity contribution in [3.63, 3.8) is 0 Å². The van der Waals surface area contributed by atoms with Crippen molar-refractivity contribution in [1.82, 2.24) is 0 Å². The molecule has 1 atom stereocenters. The topological polar surface area (TPSA) is 0 Å². The lowest BCUT2D eigenvalue weighted by molar-refractivity contribution is 0.490. The SMILES string of the molecule is Cc1ccc(C(Br)c2cc(F)c(F)cc2F)c(F)c1. The highest BCUT2D eigenvalue weighted by Crippen LogP contribution is 2.35. The first-order valence-corrected chi connectivity index (χ1v) is 6.36. The van der Waals surface area contributed by atoms with Crippen LogP contribution in [0.4, 0.5) is 17.6 Å². The summed E-state index contributed by atoms with van der Waals surface area (Å²) in [5, 5.41) is 0. The fourth-order valence-corrected chi connectivity index (χ4v) is 2.46. The maximum atomic E-state index is 13.8. The number of hydrogen-bond donors (Lipinski definition) is 0. The van der Waals surface area contributed by atoms with Gasteiger partial charge in [-0.2, -0.15) is 0 Å². The molecule has 0 amide bonds. The zero-order valence-corrected chi connectivity index (χ0v) is 11.4. The van der Waals surface area contributed by atoms with Gasteiger partial charge in [-0.25, -0.2) is 17.6 Å². The van der Waals surface area contributed by atoms with Crippen LogP contribution in [0.15, 0.2) is 30.3 Å². The number of benzene rings is 2. The van der Waals surface area contributed by atoms with Crippen molar-refractivity contribution < 1.29 is 17.6 Å². The number of aryl methyl sites for hydroxylation is 1. The molecule has 0 aliphatic heterocycles. The normalized spacial score (nSPS) is 12.5. The predicted octanol–water partition coefficient (Wildman–Crippen LogP) is 5.04. The van der Waals surface area contributed by atoms with E-state index in [0.29, 0.717) is 11.6 Å². The molecule has 2 aromatic rings. The Kier molecular flexibility index (Phi) is 3.94. The van der Waals surface area contributed by atoms with Crippen molar-refractivity contribution in [2.45, 2.75) is 11.8 Å². The van der Waals surface area contributed by atoms with E-state index in [-0.39, 0.29) is 11.1 Å². The van der Waals surface area contributed by atoms with Gasteiger partial charge in [-0.1, -0.05) is 28.1 Å². The minimum atomic E-state index is -1.27. The summed E-state index contributed by atoms with van der Waals surface area (Å²) in [6.07, 6.45) is 0. The maximum absolute atomic E-state index is 13.8. The second-order valence-electron chi connectivity index (χ2n) is 4.18. The molecule has 100 valence electrons. The van der Waals surface area contributed by atoms with Crippen LogP contribution < -0.4 is 0 Å². The number of alkyl halides is 1. The molecular weight excluding hydrogens is 324 g/mol. The van der Waals surface area contributed by atoms with Gasteiger partial charge in [0.15, 0.2) is 11.6 Å². The van der Waals surface area contributed by atoms with Crippen molar-refractivity contribution >= 4 is 15.9 Å². The van der Waals surface area contributed by atoms with Gasteiger partial charge < -0.3 is 0 Å². The van der Waals surface area contributed by atoms with Crippen LogP contribution in [-0.4, -0.2) is 0 Å². The van der Waals surface area contributed by atoms with E-state index in [1.54, 1.807) is 13.0 Å². The van der Waals surface area contributed by atoms with Gasteiger partial charge in [-0.3, -0.25) is 0 Å². The Hall–Kier alpha value is -1.36. The standard InChI is InChI=1S/C14H9BrF4/c1-7-2-3-8(10(16)4-7)14(15)9-5-12(18)13(19)6-11(9)17/h2-6,14H,1H3. The van der Waals surface area contributed by atoms with E-state index in [1.807, 2.05) is 0 Å². The molecule has 2 aromatic carbocycles. The van der Waals surface area contributed by atoms with Crippen molar-refractivity contribution in [2.75, 3.05) is 0 Å². The quantitative estimate of drug-likeness (QED) is 0.411. The Morgan fingerprint density at radius 3 is 2.00 bits per heavy atom. The molecule has 0 fully saturated rings. The Bertz CT molecular complexity index is 625. The zero-order chi connectivity index (χ0) is 14.2. The van der Waals surface area contributed by atoms with Gasteiger partial charge >= 0.3 is 0 Å². The Morgan fingerprint density at radius 1 is 0.789 bits per heavy atom. The first-order valence-electron chi connectivity index (χ1n) is 5.44. The third-order valence-electron chi connectivity index (χ3n) is 2.74. The summed E-state index contributed by atoms with van der Waals surface area (Å²) < 4.78 is 53.4. The Labute approximate surface area is 116 Å². The number of halogens is 5. The van der Waals surface area contributed by atoms with Crippen LogP contribution >= 0.6 is 15.9 Å². The molecule has 0 aromatic heterocycles. The molecule has 0 heterocycles. The highest BCUT2D eigenvalue weighted by Gasteiger charge is 2.20. The summed E-state index contributed by atoms with van der Waals surface area (Å²) in [6, 6.07) is 5.60. The van der Waals surface area contributed by atoms with E-state index in [0.717, 1.165) is 6.07 Å². The van der Waals surface area contributed by atoms with Crippen LogP contribution in [0.1, 0.15) is 21.5 Å². The van der Waals surface area contributed by atoms with Gasteiger partial charge in [0, 0.05) is 17.2 Å². The molecule has 0 nitrogen and oxygen atoms in total. The third kappa shape index (κ3) is 2.81. The average Bonchev–Trinajstić information content (AvgIpc) is 2.33. The lowest BCUT2D eigenvalue weighted by atomic mass is 10.0. The third-order valence-corrected chi connectivity index (χ3v) is 3.73. The minimum Gasteiger partial charge on any atom is -0.207 e. The Morgan fingerprint density at radius 2 is 1.37 bits per heavy atom. The maximum Gasteiger partial charge on any atom is 0.161 e. The minimum absolute atomic E-state index is 0.151. The first-order chi connectivity index (χ1) is 8.90. The summed E-state index contributed by atoms with van der Waals surface area (Å²) in [5.41, 5.74) is 0.726. The second-order valence-corrected chi connectivity index (χ2v) is 5.09. The summed E-state index contributed by atoms with van der Waals surface area (Å²) in [5.74, 6) is -3.91. The molecule has 0 aliphatic rings. The van der Waals surface area contributed by atoms with Crippen LogP contribution in [0.5, 0.6) is 0 Å². The van der Waals surface area contributed by atoms with Gasteiger partial charge in [-0.15, -0.1) is 0 Å². The molecule has 0 bridgehead atoms. The summed E-state index contributed by atoms with van der Waals surface area (Å²) >= 11 is 3.11. The van der Waals surface area contributed by atoms with Gasteiger partial charge in [-0.05, 0) is 24.6 Å². The monoisotopic (exact) mass is 332 g/mol. The van der Waals surface area contributed by atoms with E-state index in [1.165, 1.54) is 12.1 Å². The van der Waals surface area contributed by atoms with Crippen LogP contribution in [-0.2, 0) is 0 Å². The molecule has 0 saturated heterocycles. The van der Waals surface area contributed by atoms with Gasteiger partial charge in [0.1, 0.15) is 11.6 Å². The predicted molar refractivity (Wildman–Crippen MR) is 68.2 cm³/mol. The zero-order valence-electron chi connectivity index (χ0n) is 9.85. The van der Waals surface area contributed by atoms with E-state index in [4.69, 9.17) is 0 Å². The van der Waals surface area contributed by atoms with Crippen molar-refractivity contribution in [3.8, 4) is 0 Å². The smallest absolute Gasteiger partial charge is 0.161 e. The molecule has 0 saturated carbocycles. The van der Waals surface area contributed by atoms with E-state index in [2.05, 4.69) is 15.9 Å². The van der Waals surface area contributed by atoms with Crippen molar-refractivity contribution in [3.05, 3.63) is 70.3 Å². The molecule has 19 heavy (non-hydrogen) atoms. The largest absolute Gasteiger partial charge is 0.207 e. The van der Waals surface area contributed by atoms with Crippen molar-refractivity contribution in [2.24, 2.45) is 0 Å². The second kappa shape index (κ2) is 5.33. The number of hydrogen-bond acceptors (Lipinski definition) is 0. The molecular formula is C14H9BrF4. The molecule has 2 rings (SSSR count). The van der Waals surface area contributed by atoms with E-state index < -0.39 is 28.1 Å². The number of rotatable bonds is 2. The lowest BCUT2D eigenvalue weighted by Gasteiger charge is -2.13. The molecule has 0 aliphatic carbocycles. The van der Waals surface area contributed by atoms with Crippen LogP contribution in [0.3, 0.4) is 0 Å². The van der Waals surface area contributed by atoms with Crippen LogP contribution in [0, 0.1) is 30.2 Å². The van der Waals surface area contributed by atoms with Gasteiger partial charge in [0.25, 0.3) is 0 Å². The highest BCUT2D eigenvalue weighted by atomic mass is 79.9. The molecule has 0 N–H and O–H groups in total. The van der Waals surface area contributed by atoms with Crippen LogP contribution in [0.25, 0.3) is 0 Å². The van der Waals surface area contributed by atoms with Crippen molar-refractivity contribution in [1.29, 1.82) is 0 Å². The van der Waals surface area contributed by atoms with E-state index in [9.17, 15) is 17.6 Å². The van der Waals surface area contributed by atoms with Gasteiger partial charge in [0.2, 0.25) is 0 Å². The first kappa shape index (κ1) is 14.1. The van der Waals surface area contributed by atoms with Gasteiger partial charge in [0.05, 0.1) is 4.83 Å².